The molecule has 2 heterocycles. The zero-order valence-electron chi connectivity index (χ0n) is 9.25. The van der Waals surface area contributed by atoms with E-state index < -0.39 is 0 Å². The van der Waals surface area contributed by atoms with E-state index >= 15 is 0 Å². The number of imidazole rings is 1. The lowest BCUT2D eigenvalue weighted by Gasteiger charge is -2.28. The van der Waals surface area contributed by atoms with Gasteiger partial charge < -0.3 is 10.0 Å². The standard InChI is InChI=1S/C11H17N3O2/c15-8-10-4-2-1-3-6-14(10)11(16)13-7-5-12-9-13/h5,7,9-10,15H,1-4,6,8H2. The summed E-state index contributed by atoms with van der Waals surface area (Å²) in [6, 6.07) is -0.129. The van der Waals surface area contributed by atoms with Gasteiger partial charge in [0.2, 0.25) is 0 Å². The zero-order chi connectivity index (χ0) is 11.4. The van der Waals surface area contributed by atoms with Crippen LogP contribution in [-0.4, -0.2) is 44.8 Å². The highest BCUT2D eigenvalue weighted by atomic mass is 16.3. The van der Waals surface area contributed by atoms with Crippen molar-refractivity contribution in [3.05, 3.63) is 18.7 Å². The molecule has 1 aliphatic rings. The van der Waals surface area contributed by atoms with Crippen molar-refractivity contribution in [3.8, 4) is 0 Å². The van der Waals surface area contributed by atoms with Gasteiger partial charge in [-0.3, -0.25) is 4.57 Å². The maximum atomic E-state index is 12.1. The van der Waals surface area contributed by atoms with Gasteiger partial charge in [0.1, 0.15) is 6.33 Å². The fraction of sp³-hybridized carbons (Fsp3) is 0.636. The van der Waals surface area contributed by atoms with Crippen molar-refractivity contribution < 1.29 is 9.90 Å². The summed E-state index contributed by atoms with van der Waals surface area (Å²) < 4.78 is 1.47. The topological polar surface area (TPSA) is 58.4 Å². The molecule has 0 aromatic carbocycles. The fourth-order valence-corrected chi connectivity index (χ4v) is 2.14. The van der Waals surface area contributed by atoms with E-state index in [1.54, 1.807) is 17.3 Å². The van der Waals surface area contributed by atoms with Gasteiger partial charge in [-0.1, -0.05) is 12.8 Å². The molecule has 1 atom stereocenters. The van der Waals surface area contributed by atoms with Crippen LogP contribution in [0.25, 0.3) is 0 Å². The lowest BCUT2D eigenvalue weighted by Crippen LogP contribution is -2.43. The highest BCUT2D eigenvalue weighted by Gasteiger charge is 2.25. The van der Waals surface area contributed by atoms with Gasteiger partial charge in [0.15, 0.2) is 0 Å². The van der Waals surface area contributed by atoms with Crippen molar-refractivity contribution in [2.75, 3.05) is 13.2 Å². The van der Waals surface area contributed by atoms with E-state index in [0.717, 1.165) is 32.2 Å². The second-order valence-electron chi connectivity index (χ2n) is 4.13. The van der Waals surface area contributed by atoms with E-state index in [1.165, 1.54) is 10.9 Å². The summed E-state index contributed by atoms with van der Waals surface area (Å²) in [7, 11) is 0. The van der Waals surface area contributed by atoms with Crippen LogP contribution in [0.15, 0.2) is 18.7 Å². The third-order valence-electron chi connectivity index (χ3n) is 3.06. The number of amides is 1. The van der Waals surface area contributed by atoms with Gasteiger partial charge in [-0.25, -0.2) is 9.78 Å². The normalized spacial score (nSPS) is 21.8. The molecule has 1 aliphatic heterocycles. The van der Waals surface area contributed by atoms with Gasteiger partial charge in [0, 0.05) is 18.9 Å². The minimum absolute atomic E-state index is 0.0421. The summed E-state index contributed by atoms with van der Waals surface area (Å²) >= 11 is 0. The summed E-state index contributed by atoms with van der Waals surface area (Å²) in [6.45, 7) is 0.767. The smallest absolute Gasteiger partial charge is 0.329 e. The predicted molar refractivity (Wildman–Crippen MR) is 59.1 cm³/mol. The van der Waals surface area contributed by atoms with Gasteiger partial charge in [-0.2, -0.15) is 0 Å². The number of hydrogen-bond donors (Lipinski definition) is 1. The second kappa shape index (κ2) is 5.12. The third kappa shape index (κ3) is 2.24. The van der Waals surface area contributed by atoms with Crippen molar-refractivity contribution in [2.45, 2.75) is 31.7 Å². The molecule has 0 saturated carbocycles. The lowest BCUT2D eigenvalue weighted by atomic mass is 10.1. The molecule has 1 unspecified atom stereocenters. The monoisotopic (exact) mass is 223 g/mol. The Hall–Kier alpha value is -1.36. The maximum absolute atomic E-state index is 12.1. The molecule has 1 fully saturated rings. The molecule has 0 spiro atoms. The summed E-state index contributed by atoms with van der Waals surface area (Å²) in [5.74, 6) is 0. The van der Waals surface area contributed by atoms with E-state index in [-0.39, 0.29) is 18.7 Å². The molecule has 5 nitrogen and oxygen atoms in total. The molecule has 1 amide bonds. The van der Waals surface area contributed by atoms with Crippen molar-refractivity contribution in [1.82, 2.24) is 14.5 Å². The van der Waals surface area contributed by atoms with E-state index in [1.807, 2.05) is 0 Å². The second-order valence-corrected chi connectivity index (χ2v) is 4.13. The Morgan fingerprint density at radius 1 is 1.44 bits per heavy atom. The molecular formula is C11H17N3O2. The fourth-order valence-electron chi connectivity index (χ4n) is 2.14. The van der Waals surface area contributed by atoms with Crippen LogP contribution >= 0.6 is 0 Å². The summed E-state index contributed by atoms with van der Waals surface area (Å²) in [4.78, 5) is 17.7. The van der Waals surface area contributed by atoms with Crippen LogP contribution in [0.4, 0.5) is 4.79 Å². The number of carbonyl (C=O) groups excluding carboxylic acids is 1. The summed E-state index contributed by atoms with van der Waals surface area (Å²) in [5, 5.41) is 9.31. The largest absolute Gasteiger partial charge is 0.394 e. The number of aliphatic hydroxyl groups excluding tert-OH is 1. The first-order valence-corrected chi connectivity index (χ1v) is 5.72. The van der Waals surface area contributed by atoms with Crippen LogP contribution in [0, 0.1) is 0 Å². The lowest BCUT2D eigenvalue weighted by molar-refractivity contribution is 0.135. The van der Waals surface area contributed by atoms with Crippen LogP contribution in [-0.2, 0) is 0 Å². The molecule has 1 saturated heterocycles. The molecule has 0 aliphatic carbocycles. The molecule has 88 valence electrons. The van der Waals surface area contributed by atoms with Crippen LogP contribution in [0.1, 0.15) is 25.7 Å². The average Bonchev–Trinajstić information content (AvgIpc) is 2.73. The van der Waals surface area contributed by atoms with Gasteiger partial charge in [0.25, 0.3) is 0 Å². The number of carbonyl (C=O) groups is 1. The van der Waals surface area contributed by atoms with Crippen molar-refractivity contribution in [1.29, 1.82) is 0 Å². The van der Waals surface area contributed by atoms with Crippen LogP contribution in [0.5, 0.6) is 0 Å². The number of rotatable bonds is 1. The molecule has 0 bridgehead atoms. The predicted octanol–water partition coefficient (Wildman–Crippen LogP) is 1.09. The van der Waals surface area contributed by atoms with Crippen LogP contribution in [0.2, 0.25) is 0 Å². The first-order chi connectivity index (χ1) is 7.83. The van der Waals surface area contributed by atoms with E-state index in [4.69, 9.17) is 0 Å². The zero-order valence-corrected chi connectivity index (χ0v) is 9.25. The highest BCUT2D eigenvalue weighted by molar-refractivity contribution is 5.77. The number of aliphatic hydroxyl groups is 1. The maximum Gasteiger partial charge on any atom is 0.329 e. The Kier molecular flexibility index (Phi) is 3.56. The average molecular weight is 223 g/mol. The number of hydrogen-bond acceptors (Lipinski definition) is 3. The van der Waals surface area contributed by atoms with Crippen molar-refractivity contribution in [3.63, 3.8) is 0 Å². The molecular weight excluding hydrogens is 206 g/mol. The van der Waals surface area contributed by atoms with E-state index in [2.05, 4.69) is 4.98 Å². The van der Waals surface area contributed by atoms with Crippen molar-refractivity contribution in [2.24, 2.45) is 0 Å². The Balaban J connectivity index is 2.13. The van der Waals surface area contributed by atoms with Gasteiger partial charge in [-0.05, 0) is 12.8 Å². The van der Waals surface area contributed by atoms with Crippen LogP contribution in [0.3, 0.4) is 0 Å². The Labute approximate surface area is 94.7 Å². The molecule has 1 aromatic heterocycles. The molecule has 1 N–H and O–H groups in total. The van der Waals surface area contributed by atoms with Crippen molar-refractivity contribution >= 4 is 6.03 Å². The van der Waals surface area contributed by atoms with Gasteiger partial charge in [0.05, 0.1) is 12.6 Å². The van der Waals surface area contributed by atoms with Crippen LogP contribution < -0.4 is 0 Å². The van der Waals surface area contributed by atoms with E-state index in [0.29, 0.717) is 0 Å². The Bertz CT molecular complexity index is 337. The number of likely N-dealkylation sites (tertiary alicyclic amines) is 1. The summed E-state index contributed by atoms with van der Waals surface area (Å²) in [6.07, 6.45) is 8.84. The number of nitrogens with zero attached hydrogens (tertiary/aromatic N) is 3. The Morgan fingerprint density at radius 3 is 3.00 bits per heavy atom. The highest BCUT2D eigenvalue weighted by Crippen LogP contribution is 2.17. The Morgan fingerprint density at radius 2 is 2.31 bits per heavy atom. The first-order valence-electron chi connectivity index (χ1n) is 5.72. The minimum Gasteiger partial charge on any atom is -0.394 e. The SMILES string of the molecule is O=C(N1CCCCCC1CO)n1ccnc1. The molecule has 2 rings (SSSR count). The first kappa shape index (κ1) is 11.1. The molecule has 16 heavy (non-hydrogen) atoms. The minimum atomic E-state index is -0.0848. The number of aromatic nitrogens is 2. The molecule has 1 aromatic rings. The quantitative estimate of drug-likeness (QED) is 0.775. The van der Waals surface area contributed by atoms with E-state index in [9.17, 15) is 9.90 Å². The van der Waals surface area contributed by atoms with Gasteiger partial charge >= 0.3 is 6.03 Å². The summed E-state index contributed by atoms with van der Waals surface area (Å²) in [5.41, 5.74) is 0. The van der Waals surface area contributed by atoms with Gasteiger partial charge in [-0.15, -0.1) is 0 Å². The molecule has 0 radical (unpaired) electrons. The molecule has 5 heteroatoms. The third-order valence-corrected chi connectivity index (χ3v) is 3.06.